The van der Waals surface area contributed by atoms with Gasteiger partial charge in [-0.05, 0) is 30.7 Å². The van der Waals surface area contributed by atoms with Crippen LogP contribution in [-0.2, 0) is 14.8 Å². The van der Waals surface area contributed by atoms with Gasteiger partial charge in [0.25, 0.3) is 0 Å². The highest BCUT2D eigenvalue weighted by Crippen LogP contribution is 2.18. The summed E-state index contributed by atoms with van der Waals surface area (Å²) in [4.78, 5) is 14.3. The van der Waals surface area contributed by atoms with Crippen LogP contribution in [0.5, 0.6) is 0 Å². The fraction of sp³-hybridized carbons (Fsp3) is 0.250. The van der Waals surface area contributed by atoms with Crippen LogP contribution in [-0.4, -0.2) is 49.7 Å². The molecule has 1 fully saturated rings. The van der Waals surface area contributed by atoms with E-state index in [9.17, 15) is 13.2 Å². The second kappa shape index (κ2) is 7.85. The van der Waals surface area contributed by atoms with Crippen molar-refractivity contribution in [3.8, 4) is 0 Å². The van der Waals surface area contributed by atoms with E-state index in [0.717, 1.165) is 11.1 Å². The Balaban J connectivity index is 1.61. The molecule has 1 heterocycles. The summed E-state index contributed by atoms with van der Waals surface area (Å²) in [7, 11) is -3.51. The van der Waals surface area contributed by atoms with Crippen molar-refractivity contribution in [2.24, 2.45) is 0 Å². The first-order valence-electron chi connectivity index (χ1n) is 8.56. The zero-order valence-corrected chi connectivity index (χ0v) is 15.5. The topological polar surface area (TPSA) is 57.7 Å². The number of aryl methyl sites for hydroxylation is 1. The Morgan fingerprint density at radius 2 is 1.54 bits per heavy atom. The van der Waals surface area contributed by atoms with Gasteiger partial charge in [-0.15, -0.1) is 0 Å². The molecule has 0 saturated carbocycles. The third-order valence-corrected chi connectivity index (χ3v) is 6.34. The number of piperazine rings is 1. The molecule has 26 heavy (non-hydrogen) atoms. The Kier molecular flexibility index (Phi) is 5.54. The van der Waals surface area contributed by atoms with Crippen molar-refractivity contribution in [2.45, 2.75) is 11.8 Å². The third kappa shape index (κ3) is 4.20. The Morgan fingerprint density at radius 1 is 0.923 bits per heavy atom. The predicted molar refractivity (Wildman–Crippen MR) is 102 cm³/mol. The second-order valence-electron chi connectivity index (χ2n) is 6.29. The van der Waals surface area contributed by atoms with E-state index in [1.807, 2.05) is 37.3 Å². The number of rotatable bonds is 4. The third-order valence-electron chi connectivity index (χ3n) is 4.43. The van der Waals surface area contributed by atoms with Crippen molar-refractivity contribution in [3.05, 3.63) is 71.8 Å². The van der Waals surface area contributed by atoms with Gasteiger partial charge in [0, 0.05) is 32.3 Å². The van der Waals surface area contributed by atoms with E-state index in [-0.39, 0.29) is 5.91 Å². The molecule has 1 saturated heterocycles. The van der Waals surface area contributed by atoms with Crippen LogP contribution < -0.4 is 0 Å². The van der Waals surface area contributed by atoms with Crippen molar-refractivity contribution in [2.75, 3.05) is 26.2 Å². The molecule has 1 amide bonds. The quantitative estimate of drug-likeness (QED) is 0.777. The van der Waals surface area contributed by atoms with E-state index in [2.05, 4.69) is 0 Å². The lowest BCUT2D eigenvalue weighted by atomic mass is 10.2. The van der Waals surface area contributed by atoms with Gasteiger partial charge in [0.05, 0.1) is 4.90 Å². The van der Waals surface area contributed by atoms with E-state index in [1.165, 1.54) is 4.31 Å². The molecule has 0 unspecified atom stereocenters. The molecule has 2 aromatic carbocycles. The summed E-state index contributed by atoms with van der Waals surface area (Å²) in [5.74, 6) is -0.0961. The summed E-state index contributed by atoms with van der Waals surface area (Å²) in [6, 6.07) is 16.5. The molecule has 0 aromatic heterocycles. The number of nitrogens with zero attached hydrogens (tertiary/aromatic N) is 2. The standard InChI is InChI=1S/C20H22N2O3S/c1-17-7-10-19(11-8-17)26(24,25)22-15-13-21(14-16-22)20(23)12-9-18-5-3-2-4-6-18/h2-12H,13-16H2,1H3/b12-9+. The monoisotopic (exact) mass is 370 g/mol. The van der Waals surface area contributed by atoms with Crippen molar-refractivity contribution >= 4 is 22.0 Å². The predicted octanol–water partition coefficient (Wildman–Crippen LogP) is 2.54. The van der Waals surface area contributed by atoms with Gasteiger partial charge < -0.3 is 4.90 Å². The van der Waals surface area contributed by atoms with Gasteiger partial charge in [-0.2, -0.15) is 4.31 Å². The number of amides is 1. The van der Waals surface area contributed by atoms with Crippen LogP contribution >= 0.6 is 0 Å². The van der Waals surface area contributed by atoms with E-state index < -0.39 is 10.0 Å². The molecule has 1 aliphatic rings. The zero-order valence-electron chi connectivity index (χ0n) is 14.7. The summed E-state index contributed by atoms with van der Waals surface area (Å²) >= 11 is 0. The molecule has 6 heteroatoms. The van der Waals surface area contributed by atoms with E-state index in [0.29, 0.717) is 31.1 Å². The van der Waals surface area contributed by atoms with Gasteiger partial charge >= 0.3 is 0 Å². The van der Waals surface area contributed by atoms with Gasteiger partial charge in [0.15, 0.2) is 0 Å². The Morgan fingerprint density at radius 3 is 2.15 bits per heavy atom. The molecule has 0 atom stereocenters. The molecule has 2 aromatic rings. The van der Waals surface area contributed by atoms with E-state index in [1.54, 1.807) is 41.3 Å². The summed E-state index contributed by atoms with van der Waals surface area (Å²) < 4.78 is 26.8. The van der Waals surface area contributed by atoms with Crippen molar-refractivity contribution < 1.29 is 13.2 Å². The highest BCUT2D eigenvalue weighted by molar-refractivity contribution is 7.89. The molecule has 0 bridgehead atoms. The number of carbonyl (C=O) groups excluding carboxylic acids is 1. The van der Waals surface area contributed by atoms with Crippen molar-refractivity contribution in [1.29, 1.82) is 0 Å². The van der Waals surface area contributed by atoms with Gasteiger partial charge in [0.2, 0.25) is 15.9 Å². The minimum absolute atomic E-state index is 0.0961. The van der Waals surface area contributed by atoms with E-state index >= 15 is 0 Å². The first kappa shape index (κ1) is 18.4. The molecular formula is C20H22N2O3S. The number of benzene rings is 2. The molecule has 0 spiro atoms. The largest absolute Gasteiger partial charge is 0.337 e. The SMILES string of the molecule is Cc1ccc(S(=O)(=O)N2CCN(C(=O)/C=C/c3ccccc3)CC2)cc1. The molecule has 0 aliphatic carbocycles. The molecule has 0 N–H and O–H groups in total. The van der Waals surface area contributed by atoms with Gasteiger partial charge in [-0.25, -0.2) is 8.42 Å². The average Bonchev–Trinajstić information content (AvgIpc) is 2.67. The maximum atomic E-state index is 12.7. The fourth-order valence-corrected chi connectivity index (χ4v) is 4.27. The van der Waals surface area contributed by atoms with Crippen LogP contribution in [0.1, 0.15) is 11.1 Å². The van der Waals surface area contributed by atoms with Crippen molar-refractivity contribution in [1.82, 2.24) is 9.21 Å². The van der Waals surface area contributed by atoms with Crippen LogP contribution in [0.3, 0.4) is 0 Å². The van der Waals surface area contributed by atoms with Crippen LogP contribution in [0.15, 0.2) is 65.6 Å². The minimum atomic E-state index is -3.51. The first-order valence-corrected chi connectivity index (χ1v) is 10.00. The van der Waals surface area contributed by atoms with Crippen LogP contribution in [0, 0.1) is 6.92 Å². The Bertz CT molecular complexity index is 882. The minimum Gasteiger partial charge on any atom is -0.337 e. The highest BCUT2D eigenvalue weighted by atomic mass is 32.2. The molecule has 3 rings (SSSR count). The Labute approximate surface area is 154 Å². The lowest BCUT2D eigenvalue weighted by molar-refractivity contribution is -0.127. The van der Waals surface area contributed by atoms with Crippen LogP contribution in [0.4, 0.5) is 0 Å². The Hall–Kier alpha value is -2.44. The lowest BCUT2D eigenvalue weighted by Crippen LogP contribution is -2.50. The second-order valence-corrected chi connectivity index (χ2v) is 8.22. The van der Waals surface area contributed by atoms with Crippen molar-refractivity contribution in [3.63, 3.8) is 0 Å². The molecule has 5 nitrogen and oxygen atoms in total. The van der Waals surface area contributed by atoms with Gasteiger partial charge in [0.1, 0.15) is 0 Å². The number of carbonyl (C=O) groups is 1. The molecule has 136 valence electrons. The number of hydrogen-bond acceptors (Lipinski definition) is 3. The normalized spacial score (nSPS) is 16.1. The maximum absolute atomic E-state index is 12.7. The summed E-state index contributed by atoms with van der Waals surface area (Å²) in [6.45, 7) is 3.32. The molecule has 0 radical (unpaired) electrons. The average molecular weight is 370 g/mol. The number of sulfonamides is 1. The smallest absolute Gasteiger partial charge is 0.246 e. The highest BCUT2D eigenvalue weighted by Gasteiger charge is 2.29. The van der Waals surface area contributed by atoms with Gasteiger partial charge in [-0.3, -0.25) is 4.79 Å². The van der Waals surface area contributed by atoms with Gasteiger partial charge in [-0.1, -0.05) is 48.0 Å². The first-order chi connectivity index (χ1) is 12.5. The van der Waals surface area contributed by atoms with Crippen LogP contribution in [0.25, 0.3) is 6.08 Å². The lowest BCUT2D eigenvalue weighted by Gasteiger charge is -2.33. The fourth-order valence-electron chi connectivity index (χ4n) is 2.85. The zero-order chi connectivity index (χ0) is 18.6. The van der Waals surface area contributed by atoms with Crippen LogP contribution in [0.2, 0.25) is 0 Å². The molecular weight excluding hydrogens is 348 g/mol. The molecule has 1 aliphatic heterocycles. The number of hydrogen-bond donors (Lipinski definition) is 0. The maximum Gasteiger partial charge on any atom is 0.246 e. The summed E-state index contributed by atoms with van der Waals surface area (Å²) in [5.41, 5.74) is 1.98. The summed E-state index contributed by atoms with van der Waals surface area (Å²) in [5, 5.41) is 0. The van der Waals surface area contributed by atoms with E-state index in [4.69, 9.17) is 0 Å². The summed E-state index contributed by atoms with van der Waals surface area (Å²) in [6.07, 6.45) is 3.32.